The van der Waals surface area contributed by atoms with Crippen LogP contribution in [0.3, 0.4) is 0 Å². The molecule has 5 unspecified atom stereocenters. The highest BCUT2D eigenvalue weighted by Gasteiger charge is 2.75. The quantitative estimate of drug-likeness (QED) is 0.626. The van der Waals surface area contributed by atoms with Gasteiger partial charge in [0.05, 0.1) is 0 Å². The van der Waals surface area contributed by atoms with Gasteiger partial charge in [-0.25, -0.2) is 4.39 Å². The van der Waals surface area contributed by atoms with Gasteiger partial charge in [-0.1, -0.05) is 13.8 Å². The van der Waals surface area contributed by atoms with Gasteiger partial charge in [-0.15, -0.1) is 0 Å². The van der Waals surface area contributed by atoms with E-state index < -0.39 is 23.6 Å². The summed E-state index contributed by atoms with van der Waals surface area (Å²) in [4.78, 5) is 0. The van der Waals surface area contributed by atoms with Crippen LogP contribution < -0.4 is 0 Å². The smallest absolute Gasteiger partial charge is 0.308 e. The number of alkyl halides is 3. The molecule has 1 nitrogen and oxygen atoms in total. The van der Waals surface area contributed by atoms with E-state index in [1.807, 2.05) is 0 Å². The zero-order valence-electron chi connectivity index (χ0n) is 7.60. The number of hydrogen-bond acceptors (Lipinski definition) is 1. The molecule has 2 aliphatic rings. The van der Waals surface area contributed by atoms with Crippen LogP contribution in [0.1, 0.15) is 20.3 Å². The minimum Gasteiger partial charge on any atom is -0.357 e. The molecule has 0 amide bonds. The van der Waals surface area contributed by atoms with Gasteiger partial charge in [-0.2, -0.15) is 8.78 Å². The Morgan fingerprint density at radius 1 is 1.08 bits per heavy atom. The van der Waals surface area contributed by atoms with Gasteiger partial charge in [0.25, 0.3) is 5.85 Å². The number of aliphatic hydroxyl groups is 1. The normalized spacial score (nSPS) is 58.6. The Morgan fingerprint density at radius 3 is 1.92 bits per heavy atom. The Bertz CT molecular complexity index is 215. The molecule has 1 N–H and O–H groups in total. The van der Waals surface area contributed by atoms with Crippen LogP contribution in [-0.2, 0) is 0 Å². The van der Waals surface area contributed by atoms with E-state index in [9.17, 15) is 13.2 Å². The molecule has 76 valence electrons. The molecule has 0 radical (unpaired) electrons. The maximum absolute atomic E-state index is 13.3. The van der Waals surface area contributed by atoms with Crippen molar-refractivity contribution in [3.63, 3.8) is 0 Å². The molecule has 0 saturated heterocycles. The summed E-state index contributed by atoms with van der Waals surface area (Å²) in [5.74, 6) is -9.05. The van der Waals surface area contributed by atoms with Crippen LogP contribution in [0.2, 0.25) is 0 Å². The van der Waals surface area contributed by atoms with E-state index in [-0.39, 0.29) is 18.3 Å². The minimum atomic E-state index is -3.55. The third-order valence-corrected chi connectivity index (χ3v) is 4.03. The summed E-state index contributed by atoms with van der Waals surface area (Å²) in [6.07, 6.45) is 0.113. The molecule has 2 aliphatic carbocycles. The van der Waals surface area contributed by atoms with Crippen molar-refractivity contribution in [3.05, 3.63) is 0 Å². The monoisotopic (exact) mass is 194 g/mol. The summed E-state index contributed by atoms with van der Waals surface area (Å²) in [5.41, 5.74) is 0. The summed E-state index contributed by atoms with van der Waals surface area (Å²) in [6, 6.07) is 0. The molecule has 2 fully saturated rings. The van der Waals surface area contributed by atoms with Crippen molar-refractivity contribution < 1.29 is 18.3 Å². The second kappa shape index (κ2) is 2.22. The Balaban J connectivity index is 2.40. The molecule has 0 heterocycles. The molecule has 0 spiro atoms. The summed E-state index contributed by atoms with van der Waals surface area (Å²) < 4.78 is 39.7. The van der Waals surface area contributed by atoms with E-state index >= 15 is 0 Å². The van der Waals surface area contributed by atoms with Gasteiger partial charge in [0.1, 0.15) is 0 Å². The third kappa shape index (κ3) is 0.827. The first kappa shape index (κ1) is 9.31. The Labute approximate surface area is 74.9 Å². The summed E-state index contributed by atoms with van der Waals surface area (Å²) >= 11 is 0. The molecule has 0 aromatic carbocycles. The zero-order valence-corrected chi connectivity index (χ0v) is 7.60. The summed E-state index contributed by atoms with van der Waals surface area (Å²) in [6.45, 7) is 3.44. The van der Waals surface area contributed by atoms with Gasteiger partial charge in [-0.05, 0) is 18.3 Å². The number of fused-ring (bicyclic) bond motifs is 2. The molecule has 5 atom stereocenters. The molecule has 2 rings (SSSR count). The maximum atomic E-state index is 13.3. The Morgan fingerprint density at radius 2 is 1.54 bits per heavy atom. The highest BCUT2D eigenvalue weighted by molar-refractivity contribution is 5.11. The number of hydrogen-bond donors (Lipinski definition) is 1. The highest BCUT2D eigenvalue weighted by Crippen LogP contribution is 2.64. The fourth-order valence-electron chi connectivity index (χ4n) is 2.93. The number of rotatable bonds is 0. The lowest BCUT2D eigenvalue weighted by Crippen LogP contribution is -2.53. The van der Waals surface area contributed by atoms with Crippen LogP contribution in [-0.4, -0.2) is 16.9 Å². The predicted octanol–water partition coefficient (Wildman–Crippen LogP) is 2.20. The average Bonchev–Trinajstić information content (AvgIpc) is 2.36. The predicted molar refractivity (Wildman–Crippen MR) is 40.9 cm³/mol. The lowest BCUT2D eigenvalue weighted by Gasteiger charge is -2.39. The van der Waals surface area contributed by atoms with E-state index in [2.05, 4.69) is 0 Å². The van der Waals surface area contributed by atoms with Crippen molar-refractivity contribution in [1.29, 1.82) is 0 Å². The van der Waals surface area contributed by atoms with Gasteiger partial charge in [0.15, 0.2) is 0 Å². The third-order valence-electron chi connectivity index (χ3n) is 4.03. The van der Waals surface area contributed by atoms with Crippen molar-refractivity contribution in [2.75, 3.05) is 0 Å². The van der Waals surface area contributed by atoms with Gasteiger partial charge >= 0.3 is 5.92 Å². The van der Waals surface area contributed by atoms with E-state index in [1.54, 1.807) is 13.8 Å². The fraction of sp³-hybridized carbons (Fsp3) is 1.00. The van der Waals surface area contributed by atoms with Crippen molar-refractivity contribution in [2.45, 2.75) is 32.0 Å². The molecule has 0 aromatic rings. The molecular weight excluding hydrogens is 181 g/mol. The van der Waals surface area contributed by atoms with Gasteiger partial charge < -0.3 is 5.11 Å². The van der Waals surface area contributed by atoms with Crippen molar-refractivity contribution >= 4 is 0 Å². The maximum Gasteiger partial charge on any atom is 0.308 e. The molecule has 4 heteroatoms. The second-order valence-corrected chi connectivity index (χ2v) is 4.46. The average molecular weight is 194 g/mol. The van der Waals surface area contributed by atoms with E-state index in [0.717, 1.165) is 0 Å². The van der Waals surface area contributed by atoms with E-state index in [1.165, 1.54) is 0 Å². The highest BCUT2D eigenvalue weighted by atomic mass is 19.3. The first-order valence-corrected chi connectivity index (χ1v) is 4.59. The standard InChI is InChI=1S/C9H13F3O/c1-4-5(2)7-3-6(4)8(10,11)9(7,12)13/h4-7,13H,3H2,1-2H3. The molecule has 13 heavy (non-hydrogen) atoms. The van der Waals surface area contributed by atoms with E-state index in [4.69, 9.17) is 5.11 Å². The SMILES string of the molecule is CC1C(C)C2CC1C(O)(F)C2(F)F. The van der Waals surface area contributed by atoms with Gasteiger partial charge in [-0.3, -0.25) is 0 Å². The first-order chi connectivity index (χ1) is 5.80. The lowest BCUT2D eigenvalue weighted by molar-refractivity contribution is -0.292. The van der Waals surface area contributed by atoms with Crippen LogP contribution in [0.25, 0.3) is 0 Å². The second-order valence-electron chi connectivity index (χ2n) is 4.46. The molecule has 0 aliphatic heterocycles. The Kier molecular flexibility index (Phi) is 1.59. The zero-order chi connectivity index (χ0) is 10.0. The van der Waals surface area contributed by atoms with Gasteiger partial charge in [0.2, 0.25) is 0 Å². The molecule has 2 bridgehead atoms. The summed E-state index contributed by atoms with van der Waals surface area (Å²) in [7, 11) is 0. The minimum absolute atomic E-state index is 0.113. The van der Waals surface area contributed by atoms with Crippen LogP contribution in [0.4, 0.5) is 13.2 Å². The fourth-order valence-corrected chi connectivity index (χ4v) is 2.93. The van der Waals surface area contributed by atoms with Crippen molar-refractivity contribution in [3.8, 4) is 0 Å². The van der Waals surface area contributed by atoms with Crippen LogP contribution in [0.15, 0.2) is 0 Å². The van der Waals surface area contributed by atoms with E-state index in [0.29, 0.717) is 0 Å². The molecule has 2 saturated carbocycles. The largest absolute Gasteiger partial charge is 0.357 e. The van der Waals surface area contributed by atoms with Crippen LogP contribution in [0, 0.1) is 23.7 Å². The van der Waals surface area contributed by atoms with Crippen molar-refractivity contribution in [1.82, 2.24) is 0 Å². The molecular formula is C9H13F3O. The number of halogens is 3. The van der Waals surface area contributed by atoms with Gasteiger partial charge in [0, 0.05) is 11.8 Å². The first-order valence-electron chi connectivity index (χ1n) is 4.59. The summed E-state index contributed by atoms with van der Waals surface area (Å²) in [5, 5.41) is 9.08. The molecule has 0 aromatic heterocycles. The topological polar surface area (TPSA) is 20.2 Å². The van der Waals surface area contributed by atoms with Crippen molar-refractivity contribution in [2.24, 2.45) is 23.7 Å². The van der Waals surface area contributed by atoms with Crippen LogP contribution >= 0.6 is 0 Å². The Hall–Kier alpha value is -0.250. The lowest BCUT2D eigenvalue weighted by atomic mass is 9.77. The van der Waals surface area contributed by atoms with Crippen LogP contribution in [0.5, 0.6) is 0 Å².